The van der Waals surface area contributed by atoms with Crippen molar-refractivity contribution in [2.75, 3.05) is 4.90 Å². The summed E-state index contributed by atoms with van der Waals surface area (Å²) >= 11 is 5.26. The van der Waals surface area contributed by atoms with Crippen molar-refractivity contribution in [3.63, 3.8) is 0 Å². The average molecular weight is 338 g/mol. The molecule has 6 heteroatoms. The molecule has 2 aromatic rings. The molecule has 0 saturated carbocycles. The van der Waals surface area contributed by atoms with Crippen molar-refractivity contribution in [3.05, 3.63) is 70.9 Å². The minimum absolute atomic E-state index is 0.194. The third kappa shape index (κ3) is 3.04. The fraction of sp³-hybridized carbons (Fsp3) is 0.0556. The second-order valence-electron chi connectivity index (χ2n) is 5.39. The number of hydrogen-bond donors (Lipinski definition) is 2. The molecule has 1 heterocycles. The van der Waals surface area contributed by atoms with E-state index < -0.39 is 5.97 Å². The first-order chi connectivity index (χ1) is 11.5. The SMILES string of the molecule is Cc1ccc(N2C(=O)C(=Cc3ccc(C(=O)O)cc3)NC2=S)cc1. The lowest BCUT2D eigenvalue weighted by Gasteiger charge is -2.13. The maximum atomic E-state index is 12.6. The zero-order chi connectivity index (χ0) is 17.3. The number of carbonyl (C=O) groups excluding carboxylic acids is 1. The minimum Gasteiger partial charge on any atom is -0.478 e. The molecule has 1 aliphatic rings. The Morgan fingerprint density at radius 3 is 2.33 bits per heavy atom. The van der Waals surface area contributed by atoms with Gasteiger partial charge in [-0.15, -0.1) is 0 Å². The van der Waals surface area contributed by atoms with E-state index >= 15 is 0 Å². The Morgan fingerprint density at radius 1 is 1.12 bits per heavy atom. The first-order valence-corrected chi connectivity index (χ1v) is 7.64. The molecular weight excluding hydrogens is 324 g/mol. The molecule has 24 heavy (non-hydrogen) atoms. The van der Waals surface area contributed by atoms with E-state index in [-0.39, 0.29) is 11.5 Å². The number of nitrogens with one attached hydrogen (secondary N) is 1. The molecule has 0 radical (unpaired) electrons. The summed E-state index contributed by atoms with van der Waals surface area (Å²) in [6, 6.07) is 13.8. The van der Waals surface area contributed by atoms with Gasteiger partial charge in [-0.05, 0) is 55.0 Å². The molecule has 1 fully saturated rings. The van der Waals surface area contributed by atoms with Gasteiger partial charge in [-0.1, -0.05) is 29.8 Å². The molecule has 0 unspecified atom stereocenters. The van der Waals surface area contributed by atoms with Gasteiger partial charge in [-0.25, -0.2) is 4.79 Å². The van der Waals surface area contributed by atoms with E-state index in [0.29, 0.717) is 22.1 Å². The van der Waals surface area contributed by atoms with E-state index in [2.05, 4.69) is 5.32 Å². The van der Waals surface area contributed by atoms with Crippen LogP contribution in [0.1, 0.15) is 21.5 Å². The van der Waals surface area contributed by atoms with Crippen LogP contribution in [0.2, 0.25) is 0 Å². The fourth-order valence-electron chi connectivity index (χ4n) is 2.35. The maximum absolute atomic E-state index is 12.6. The zero-order valence-corrected chi connectivity index (χ0v) is 13.6. The van der Waals surface area contributed by atoms with E-state index in [9.17, 15) is 9.59 Å². The van der Waals surface area contributed by atoms with Crippen molar-refractivity contribution in [2.24, 2.45) is 0 Å². The highest BCUT2D eigenvalue weighted by molar-refractivity contribution is 7.80. The average Bonchev–Trinajstić information content (AvgIpc) is 2.83. The summed E-state index contributed by atoms with van der Waals surface area (Å²) in [6.07, 6.45) is 1.65. The molecular formula is C18H14N2O3S. The van der Waals surface area contributed by atoms with E-state index in [4.69, 9.17) is 17.3 Å². The summed E-state index contributed by atoms with van der Waals surface area (Å²) in [5.41, 5.74) is 3.05. The topological polar surface area (TPSA) is 69.6 Å². The number of carboxylic acid groups (broad SMARTS) is 1. The highest BCUT2D eigenvalue weighted by atomic mass is 32.1. The Kier molecular flexibility index (Phi) is 4.14. The van der Waals surface area contributed by atoms with Gasteiger partial charge in [0.15, 0.2) is 5.11 Å². The van der Waals surface area contributed by atoms with E-state index in [1.165, 1.54) is 17.0 Å². The monoisotopic (exact) mass is 338 g/mol. The number of thiocarbonyl (C=S) groups is 1. The number of hydrogen-bond acceptors (Lipinski definition) is 3. The minimum atomic E-state index is -0.990. The van der Waals surface area contributed by atoms with Crippen LogP contribution in [-0.4, -0.2) is 22.1 Å². The number of aryl methyl sites for hydroxylation is 1. The Hall–Kier alpha value is -2.99. The molecule has 0 atom stereocenters. The highest BCUT2D eigenvalue weighted by Gasteiger charge is 2.31. The van der Waals surface area contributed by atoms with Crippen molar-refractivity contribution in [1.29, 1.82) is 0 Å². The van der Waals surface area contributed by atoms with E-state index in [1.54, 1.807) is 18.2 Å². The summed E-state index contributed by atoms with van der Waals surface area (Å²) < 4.78 is 0. The zero-order valence-electron chi connectivity index (χ0n) is 12.8. The number of anilines is 1. The summed E-state index contributed by atoms with van der Waals surface area (Å²) in [6.45, 7) is 1.97. The largest absolute Gasteiger partial charge is 0.478 e. The predicted octanol–water partition coefficient (Wildman–Crippen LogP) is 2.96. The molecule has 0 aromatic heterocycles. The quantitative estimate of drug-likeness (QED) is 0.665. The van der Waals surface area contributed by atoms with Gasteiger partial charge in [0.05, 0.1) is 11.3 Å². The molecule has 2 N–H and O–H groups in total. The second kappa shape index (κ2) is 6.25. The number of carbonyl (C=O) groups is 2. The number of carboxylic acids is 1. The molecule has 0 spiro atoms. The van der Waals surface area contributed by atoms with E-state index in [0.717, 1.165) is 5.56 Å². The molecule has 5 nitrogen and oxygen atoms in total. The Balaban J connectivity index is 1.87. The first kappa shape index (κ1) is 15.9. The lowest BCUT2D eigenvalue weighted by atomic mass is 10.1. The summed E-state index contributed by atoms with van der Waals surface area (Å²) in [7, 11) is 0. The van der Waals surface area contributed by atoms with Crippen LogP contribution >= 0.6 is 12.2 Å². The molecule has 1 saturated heterocycles. The standard InChI is InChI=1S/C18H14N2O3S/c1-11-2-8-14(9-3-11)20-16(21)15(19-18(20)24)10-12-4-6-13(7-5-12)17(22)23/h2-10H,1H3,(H,19,24)(H,22,23). The molecule has 1 amide bonds. The van der Waals surface area contributed by atoms with Crippen LogP contribution in [0.15, 0.2) is 54.2 Å². The van der Waals surface area contributed by atoms with Gasteiger partial charge in [0, 0.05) is 0 Å². The van der Waals surface area contributed by atoms with Gasteiger partial charge in [0.2, 0.25) is 0 Å². The van der Waals surface area contributed by atoms with Crippen molar-refractivity contribution >= 4 is 41.0 Å². The lowest BCUT2D eigenvalue weighted by Crippen LogP contribution is -2.30. The van der Waals surface area contributed by atoms with Gasteiger partial charge in [-0.2, -0.15) is 0 Å². The third-order valence-corrected chi connectivity index (χ3v) is 3.92. The molecule has 0 aliphatic carbocycles. The molecule has 2 aromatic carbocycles. The molecule has 3 rings (SSSR count). The van der Waals surface area contributed by atoms with Crippen LogP contribution in [0.4, 0.5) is 5.69 Å². The Morgan fingerprint density at radius 2 is 1.75 bits per heavy atom. The van der Waals surface area contributed by atoms with Crippen molar-refractivity contribution in [3.8, 4) is 0 Å². The third-order valence-electron chi connectivity index (χ3n) is 3.64. The summed E-state index contributed by atoms with van der Waals surface area (Å²) in [5, 5.41) is 12.1. The number of rotatable bonds is 3. The number of amides is 1. The molecule has 1 aliphatic heterocycles. The van der Waals surface area contributed by atoms with Crippen LogP contribution in [0.3, 0.4) is 0 Å². The van der Waals surface area contributed by atoms with Gasteiger partial charge >= 0.3 is 5.97 Å². The van der Waals surface area contributed by atoms with Crippen LogP contribution in [0.25, 0.3) is 6.08 Å². The fourth-order valence-corrected chi connectivity index (χ4v) is 2.65. The molecule has 120 valence electrons. The normalized spacial score (nSPS) is 15.7. The highest BCUT2D eigenvalue weighted by Crippen LogP contribution is 2.23. The van der Waals surface area contributed by atoms with Crippen molar-refractivity contribution in [1.82, 2.24) is 5.32 Å². The van der Waals surface area contributed by atoms with Gasteiger partial charge in [0.25, 0.3) is 5.91 Å². The van der Waals surface area contributed by atoms with Gasteiger partial charge in [0.1, 0.15) is 5.70 Å². The van der Waals surface area contributed by atoms with Gasteiger partial charge < -0.3 is 10.4 Å². The predicted molar refractivity (Wildman–Crippen MR) is 95.8 cm³/mol. The smallest absolute Gasteiger partial charge is 0.335 e. The first-order valence-electron chi connectivity index (χ1n) is 7.23. The lowest BCUT2D eigenvalue weighted by molar-refractivity contribution is -0.113. The number of aromatic carboxylic acids is 1. The van der Waals surface area contributed by atoms with Crippen molar-refractivity contribution in [2.45, 2.75) is 6.92 Å². The van der Waals surface area contributed by atoms with E-state index in [1.807, 2.05) is 31.2 Å². The van der Waals surface area contributed by atoms with Crippen LogP contribution in [0, 0.1) is 6.92 Å². The number of nitrogens with zero attached hydrogens (tertiary/aromatic N) is 1. The number of benzene rings is 2. The molecule has 0 bridgehead atoms. The van der Waals surface area contributed by atoms with Gasteiger partial charge in [-0.3, -0.25) is 9.69 Å². The van der Waals surface area contributed by atoms with Crippen LogP contribution in [-0.2, 0) is 4.79 Å². The summed E-state index contributed by atoms with van der Waals surface area (Å²) in [4.78, 5) is 24.9. The van der Waals surface area contributed by atoms with Crippen LogP contribution < -0.4 is 10.2 Å². The van der Waals surface area contributed by atoms with Crippen molar-refractivity contribution < 1.29 is 14.7 Å². The maximum Gasteiger partial charge on any atom is 0.335 e. The van der Waals surface area contributed by atoms with Crippen LogP contribution in [0.5, 0.6) is 0 Å². The second-order valence-corrected chi connectivity index (χ2v) is 5.78. The summed E-state index contributed by atoms with van der Waals surface area (Å²) in [5.74, 6) is -1.23. The Bertz CT molecular complexity index is 855. The Labute approximate surface area is 144 Å².